The van der Waals surface area contributed by atoms with Crippen LogP contribution in [0.15, 0.2) is 0 Å². The van der Waals surface area contributed by atoms with E-state index in [1.54, 1.807) is 0 Å². The van der Waals surface area contributed by atoms with Gasteiger partial charge in [-0.15, -0.1) is 0 Å². The van der Waals surface area contributed by atoms with Crippen molar-refractivity contribution in [2.75, 3.05) is 19.8 Å². The van der Waals surface area contributed by atoms with Gasteiger partial charge in [-0.25, -0.2) is 0 Å². The lowest BCUT2D eigenvalue weighted by Crippen LogP contribution is -2.53. The van der Waals surface area contributed by atoms with Crippen molar-refractivity contribution in [2.24, 2.45) is 17.8 Å². The van der Waals surface area contributed by atoms with Crippen LogP contribution in [0.25, 0.3) is 0 Å². The zero-order valence-corrected chi connectivity index (χ0v) is 16.6. The molecule has 0 aromatic carbocycles. The number of alkyl halides is 3. The van der Waals surface area contributed by atoms with Gasteiger partial charge >= 0.3 is 15.0 Å². The lowest BCUT2D eigenvalue weighted by atomic mass is 9.80. The molecule has 2 saturated carbocycles. The summed E-state index contributed by atoms with van der Waals surface area (Å²) >= 11 is 0. The molecule has 148 valence electrons. The molecular weight excluding hydrogens is 353 g/mol. The summed E-state index contributed by atoms with van der Waals surface area (Å²) < 4.78 is 57.3. The zero-order chi connectivity index (χ0) is 18.9. The number of hydrogen-bond donors (Lipinski definition) is 1. The summed E-state index contributed by atoms with van der Waals surface area (Å²) in [6.07, 6.45) is -2.36. The molecule has 2 aliphatic rings. The Bertz CT molecular complexity index is 427. The maximum Gasteiger partial charge on any atom is 0.504 e. The molecule has 0 saturated heterocycles. The van der Waals surface area contributed by atoms with Crippen LogP contribution >= 0.6 is 0 Å². The van der Waals surface area contributed by atoms with E-state index in [-0.39, 0.29) is 23.8 Å². The molecule has 4 nitrogen and oxygen atoms in total. The Morgan fingerprint density at radius 3 is 1.88 bits per heavy atom. The highest BCUT2D eigenvalue weighted by Crippen LogP contribution is 2.60. The third-order valence-corrected chi connectivity index (χ3v) is 9.36. The van der Waals surface area contributed by atoms with Crippen LogP contribution < -0.4 is 0 Å². The summed E-state index contributed by atoms with van der Waals surface area (Å²) in [5.41, 5.74) is -2.63. The second-order valence-electron chi connectivity index (χ2n) is 7.48. The topological polar surface area (TPSA) is 47.9 Å². The van der Waals surface area contributed by atoms with E-state index in [9.17, 15) is 18.3 Å². The Balaban J connectivity index is 2.20. The quantitative estimate of drug-likeness (QED) is 0.607. The van der Waals surface area contributed by atoms with Gasteiger partial charge in [0.15, 0.2) is 5.60 Å². The van der Waals surface area contributed by atoms with Crippen LogP contribution in [0, 0.1) is 17.8 Å². The van der Waals surface area contributed by atoms with Crippen molar-refractivity contribution in [1.29, 1.82) is 0 Å². The van der Waals surface area contributed by atoms with Crippen LogP contribution in [0.1, 0.15) is 53.4 Å². The SMILES string of the molecule is CCO[Si](OCC)(OCC)C1CC2CC(CC(C)(O)C(F)(F)F)C1C2. The molecule has 2 rings (SSSR count). The molecule has 0 amide bonds. The number of fused-ring (bicyclic) bond motifs is 2. The van der Waals surface area contributed by atoms with Crippen LogP contribution in [0.3, 0.4) is 0 Å². The van der Waals surface area contributed by atoms with E-state index < -0.39 is 20.6 Å². The van der Waals surface area contributed by atoms with Gasteiger partial charge in [0, 0.05) is 25.4 Å². The van der Waals surface area contributed by atoms with Crippen molar-refractivity contribution in [3.8, 4) is 0 Å². The highest BCUT2D eigenvalue weighted by atomic mass is 28.4. The van der Waals surface area contributed by atoms with Crippen LogP contribution in [0.2, 0.25) is 5.54 Å². The smallest absolute Gasteiger partial charge is 0.381 e. The van der Waals surface area contributed by atoms with E-state index in [0.29, 0.717) is 25.7 Å². The van der Waals surface area contributed by atoms with Gasteiger partial charge in [0.1, 0.15) is 0 Å². The first kappa shape index (κ1) is 21.2. The molecule has 0 heterocycles. The molecule has 0 aromatic heterocycles. The van der Waals surface area contributed by atoms with Crippen molar-refractivity contribution in [2.45, 2.75) is 70.7 Å². The predicted octanol–water partition coefficient (Wildman–Crippen LogP) is 4.15. The third-order valence-electron chi connectivity index (χ3n) is 5.71. The van der Waals surface area contributed by atoms with Crippen LogP contribution in [0.4, 0.5) is 13.2 Å². The molecular formula is C17H31F3O4Si. The van der Waals surface area contributed by atoms with Gasteiger partial charge in [0.05, 0.1) is 0 Å². The van der Waals surface area contributed by atoms with E-state index in [1.807, 2.05) is 20.8 Å². The van der Waals surface area contributed by atoms with E-state index >= 15 is 0 Å². The van der Waals surface area contributed by atoms with Crippen molar-refractivity contribution in [3.63, 3.8) is 0 Å². The van der Waals surface area contributed by atoms with Gasteiger partial charge < -0.3 is 18.4 Å². The monoisotopic (exact) mass is 384 g/mol. The van der Waals surface area contributed by atoms with Crippen molar-refractivity contribution >= 4 is 8.80 Å². The minimum Gasteiger partial charge on any atom is -0.381 e. The fourth-order valence-corrected chi connectivity index (χ4v) is 8.47. The highest BCUT2D eigenvalue weighted by molar-refractivity contribution is 6.62. The van der Waals surface area contributed by atoms with E-state index in [4.69, 9.17) is 13.3 Å². The average molecular weight is 385 g/mol. The maximum absolute atomic E-state index is 13.1. The van der Waals surface area contributed by atoms with Crippen molar-refractivity contribution < 1.29 is 31.6 Å². The Kier molecular flexibility index (Phi) is 6.63. The summed E-state index contributed by atoms with van der Waals surface area (Å²) in [6.45, 7) is 7.93. The fourth-order valence-electron chi connectivity index (χ4n) is 4.81. The zero-order valence-electron chi connectivity index (χ0n) is 15.6. The predicted molar refractivity (Wildman–Crippen MR) is 90.0 cm³/mol. The molecule has 8 heteroatoms. The van der Waals surface area contributed by atoms with E-state index in [0.717, 1.165) is 26.2 Å². The molecule has 1 N–H and O–H groups in total. The Hall–Kier alpha value is -0.153. The lowest BCUT2D eigenvalue weighted by Gasteiger charge is -2.41. The summed E-state index contributed by atoms with van der Waals surface area (Å²) in [6, 6.07) is 0. The van der Waals surface area contributed by atoms with Crippen LogP contribution in [-0.4, -0.2) is 45.5 Å². The van der Waals surface area contributed by atoms with E-state index in [2.05, 4.69) is 0 Å². The first-order valence-electron chi connectivity index (χ1n) is 9.31. The summed E-state index contributed by atoms with van der Waals surface area (Å²) in [7, 11) is -2.94. The van der Waals surface area contributed by atoms with Gasteiger partial charge in [-0.1, -0.05) is 0 Å². The molecule has 5 atom stereocenters. The third kappa shape index (κ3) is 4.23. The maximum atomic E-state index is 13.1. The van der Waals surface area contributed by atoms with Crippen molar-refractivity contribution in [3.05, 3.63) is 0 Å². The number of hydrogen-bond acceptors (Lipinski definition) is 4. The molecule has 2 bridgehead atoms. The molecule has 2 fully saturated rings. The molecule has 0 radical (unpaired) electrons. The molecule has 0 aromatic rings. The van der Waals surface area contributed by atoms with Gasteiger partial charge in [0.2, 0.25) is 0 Å². The minimum absolute atomic E-state index is 0.0279. The molecule has 2 aliphatic carbocycles. The van der Waals surface area contributed by atoms with Gasteiger partial charge in [-0.2, -0.15) is 13.2 Å². The largest absolute Gasteiger partial charge is 0.504 e. The van der Waals surface area contributed by atoms with Gasteiger partial charge in [-0.3, -0.25) is 0 Å². The Labute approximate surface area is 149 Å². The fraction of sp³-hybridized carbons (Fsp3) is 1.00. The number of rotatable bonds is 9. The summed E-state index contributed by atoms with van der Waals surface area (Å²) in [5.74, 6) is 0.265. The second kappa shape index (κ2) is 7.84. The van der Waals surface area contributed by atoms with Gasteiger partial charge in [0.25, 0.3) is 0 Å². The molecule has 0 aliphatic heterocycles. The number of halogens is 3. The van der Waals surface area contributed by atoms with Crippen LogP contribution in [-0.2, 0) is 13.3 Å². The highest BCUT2D eigenvalue weighted by Gasteiger charge is 2.62. The van der Waals surface area contributed by atoms with E-state index in [1.165, 1.54) is 0 Å². The molecule has 25 heavy (non-hydrogen) atoms. The first-order chi connectivity index (χ1) is 11.6. The Morgan fingerprint density at radius 2 is 1.48 bits per heavy atom. The minimum atomic E-state index is -4.61. The Morgan fingerprint density at radius 1 is 0.960 bits per heavy atom. The van der Waals surface area contributed by atoms with Crippen molar-refractivity contribution in [1.82, 2.24) is 0 Å². The summed E-state index contributed by atoms with van der Waals surface area (Å²) in [4.78, 5) is 0. The lowest BCUT2D eigenvalue weighted by molar-refractivity contribution is -0.259. The standard InChI is InChI=1S/C17H31F3O4Si/c1-5-22-25(23-6-2,24-7-3)15-10-12-8-13(14(15)9-12)11-16(4,21)17(18,19)20/h12-15,21H,5-11H2,1-4H3. The molecule has 5 unspecified atom stereocenters. The number of aliphatic hydroxyl groups is 1. The second-order valence-corrected chi connectivity index (χ2v) is 10.3. The van der Waals surface area contributed by atoms with Crippen LogP contribution in [0.5, 0.6) is 0 Å². The first-order valence-corrected chi connectivity index (χ1v) is 11.1. The normalized spacial score (nSPS) is 32.2. The van der Waals surface area contributed by atoms with Gasteiger partial charge in [-0.05, 0) is 71.1 Å². The average Bonchev–Trinajstić information content (AvgIpc) is 3.06. The molecule has 0 spiro atoms. The summed E-state index contributed by atoms with van der Waals surface area (Å²) in [5, 5.41) is 9.93.